The molecule has 3 nitrogen and oxygen atoms in total. The van der Waals surface area contributed by atoms with Crippen LogP contribution in [0.2, 0.25) is 5.02 Å². The molecule has 0 amide bonds. The van der Waals surface area contributed by atoms with Gasteiger partial charge < -0.3 is 0 Å². The Bertz CT molecular complexity index is 357. The SMILES string of the molecule is CCNS(=O)(=O)c1sccc1Cl. The summed E-state index contributed by atoms with van der Waals surface area (Å²) in [7, 11) is -3.36. The highest BCUT2D eigenvalue weighted by Gasteiger charge is 2.17. The van der Waals surface area contributed by atoms with Crippen molar-refractivity contribution in [1.82, 2.24) is 4.72 Å². The molecule has 0 saturated carbocycles. The van der Waals surface area contributed by atoms with Gasteiger partial charge in [0.05, 0.1) is 5.02 Å². The maximum Gasteiger partial charge on any atom is 0.251 e. The number of sulfonamides is 1. The van der Waals surface area contributed by atoms with Crippen molar-refractivity contribution in [2.24, 2.45) is 0 Å². The van der Waals surface area contributed by atoms with Crippen LogP contribution >= 0.6 is 22.9 Å². The lowest BCUT2D eigenvalue weighted by molar-refractivity contribution is 0.586. The second-order valence-electron chi connectivity index (χ2n) is 2.06. The fraction of sp³-hybridized carbons (Fsp3) is 0.333. The Morgan fingerprint density at radius 1 is 1.67 bits per heavy atom. The van der Waals surface area contributed by atoms with Crippen LogP contribution in [-0.4, -0.2) is 15.0 Å². The lowest BCUT2D eigenvalue weighted by Gasteiger charge is -2.00. The van der Waals surface area contributed by atoms with E-state index in [-0.39, 0.29) is 9.23 Å². The van der Waals surface area contributed by atoms with Crippen molar-refractivity contribution in [2.45, 2.75) is 11.1 Å². The molecule has 0 saturated heterocycles. The Labute approximate surface area is 80.4 Å². The summed E-state index contributed by atoms with van der Waals surface area (Å²) in [6.45, 7) is 2.09. The van der Waals surface area contributed by atoms with Crippen LogP contribution in [0.15, 0.2) is 15.7 Å². The van der Waals surface area contributed by atoms with Crippen molar-refractivity contribution in [2.75, 3.05) is 6.54 Å². The van der Waals surface area contributed by atoms with Crippen molar-refractivity contribution < 1.29 is 8.42 Å². The molecule has 6 heteroatoms. The quantitative estimate of drug-likeness (QED) is 0.851. The molecule has 68 valence electrons. The molecule has 1 rings (SSSR count). The summed E-state index contributed by atoms with van der Waals surface area (Å²) < 4.78 is 25.2. The number of halogens is 1. The van der Waals surface area contributed by atoms with E-state index in [1.807, 2.05) is 0 Å². The Morgan fingerprint density at radius 2 is 2.33 bits per heavy atom. The van der Waals surface area contributed by atoms with Crippen molar-refractivity contribution in [1.29, 1.82) is 0 Å². The van der Waals surface area contributed by atoms with Crippen LogP contribution < -0.4 is 4.72 Å². The van der Waals surface area contributed by atoms with E-state index in [0.717, 1.165) is 11.3 Å². The van der Waals surface area contributed by atoms with Crippen molar-refractivity contribution >= 4 is 33.0 Å². The molecule has 0 radical (unpaired) electrons. The second kappa shape index (κ2) is 3.74. The predicted molar refractivity (Wildman–Crippen MR) is 50.2 cm³/mol. The molecule has 0 aliphatic rings. The minimum Gasteiger partial charge on any atom is -0.211 e. The van der Waals surface area contributed by atoms with E-state index in [1.165, 1.54) is 0 Å². The average molecular weight is 226 g/mol. The summed E-state index contributed by atoms with van der Waals surface area (Å²) in [5.41, 5.74) is 0. The van der Waals surface area contributed by atoms with E-state index < -0.39 is 10.0 Å². The first-order valence-corrected chi connectivity index (χ1v) is 6.04. The molecule has 1 aromatic rings. The molecule has 0 aliphatic carbocycles. The highest BCUT2D eigenvalue weighted by atomic mass is 35.5. The van der Waals surface area contributed by atoms with Crippen LogP contribution in [0.1, 0.15) is 6.92 Å². The first kappa shape index (κ1) is 9.98. The molecule has 0 fully saturated rings. The van der Waals surface area contributed by atoms with E-state index >= 15 is 0 Å². The molecule has 12 heavy (non-hydrogen) atoms. The first-order chi connectivity index (χ1) is 5.58. The van der Waals surface area contributed by atoms with Gasteiger partial charge in [-0.15, -0.1) is 11.3 Å². The second-order valence-corrected chi connectivity index (χ2v) is 5.34. The Hall–Kier alpha value is -0.100. The van der Waals surface area contributed by atoms with Gasteiger partial charge in [-0.25, -0.2) is 13.1 Å². The maximum atomic E-state index is 11.3. The number of hydrogen-bond donors (Lipinski definition) is 1. The highest BCUT2D eigenvalue weighted by molar-refractivity contribution is 7.91. The normalized spacial score (nSPS) is 11.8. The van der Waals surface area contributed by atoms with E-state index in [0.29, 0.717) is 6.54 Å². The standard InChI is InChI=1S/C6H8ClNO2S2/c1-2-8-12(9,10)6-5(7)3-4-11-6/h3-4,8H,2H2,1H3. The number of hydrogen-bond acceptors (Lipinski definition) is 3. The van der Waals surface area contributed by atoms with E-state index in [1.54, 1.807) is 18.4 Å². The molecule has 0 unspecified atom stereocenters. The van der Waals surface area contributed by atoms with Crippen LogP contribution in [0.25, 0.3) is 0 Å². The zero-order valence-electron chi connectivity index (χ0n) is 6.37. The fourth-order valence-electron chi connectivity index (χ4n) is 0.727. The van der Waals surface area contributed by atoms with Crippen molar-refractivity contribution in [3.05, 3.63) is 16.5 Å². The number of nitrogens with one attached hydrogen (secondary N) is 1. The van der Waals surface area contributed by atoms with Gasteiger partial charge in [-0.2, -0.15) is 0 Å². The zero-order valence-corrected chi connectivity index (χ0v) is 8.76. The largest absolute Gasteiger partial charge is 0.251 e. The molecule has 1 N–H and O–H groups in total. The van der Waals surface area contributed by atoms with Gasteiger partial charge in [0.2, 0.25) is 0 Å². The summed E-state index contributed by atoms with van der Waals surface area (Å²) in [6.07, 6.45) is 0. The van der Waals surface area contributed by atoms with Crippen LogP contribution in [0.3, 0.4) is 0 Å². The summed E-state index contributed by atoms with van der Waals surface area (Å²) in [5.74, 6) is 0. The predicted octanol–water partition coefficient (Wildman–Crippen LogP) is 1.70. The molecular weight excluding hydrogens is 218 g/mol. The summed E-state index contributed by atoms with van der Waals surface area (Å²) in [6, 6.07) is 1.57. The van der Waals surface area contributed by atoms with E-state index in [9.17, 15) is 8.42 Å². The van der Waals surface area contributed by atoms with Gasteiger partial charge in [-0.3, -0.25) is 0 Å². The average Bonchev–Trinajstić information content (AvgIpc) is 2.35. The molecule has 0 spiro atoms. The molecule has 0 atom stereocenters. The van der Waals surface area contributed by atoms with Gasteiger partial charge in [-0.1, -0.05) is 18.5 Å². The Morgan fingerprint density at radius 3 is 2.75 bits per heavy atom. The lowest BCUT2D eigenvalue weighted by atomic mass is 10.7. The van der Waals surface area contributed by atoms with Gasteiger partial charge >= 0.3 is 0 Å². The molecule has 0 aromatic carbocycles. The van der Waals surface area contributed by atoms with Crippen molar-refractivity contribution in [3.63, 3.8) is 0 Å². The summed E-state index contributed by atoms with van der Waals surface area (Å²) >= 11 is 6.77. The molecular formula is C6H8ClNO2S2. The fourth-order valence-corrected chi connectivity index (χ4v) is 3.50. The third kappa shape index (κ3) is 1.98. The van der Waals surface area contributed by atoms with Gasteiger partial charge in [0, 0.05) is 6.54 Å². The minimum absolute atomic E-state index is 0.186. The Balaban J connectivity index is 3.06. The van der Waals surface area contributed by atoms with Crippen LogP contribution in [0.4, 0.5) is 0 Å². The lowest BCUT2D eigenvalue weighted by Crippen LogP contribution is -2.22. The number of rotatable bonds is 3. The monoisotopic (exact) mass is 225 g/mol. The molecule has 1 aromatic heterocycles. The first-order valence-electron chi connectivity index (χ1n) is 3.30. The van der Waals surface area contributed by atoms with Gasteiger partial charge in [0.15, 0.2) is 4.21 Å². The zero-order chi connectivity index (χ0) is 9.19. The highest BCUT2D eigenvalue weighted by Crippen LogP contribution is 2.26. The topological polar surface area (TPSA) is 46.2 Å². The van der Waals surface area contributed by atoms with Crippen LogP contribution in [0.5, 0.6) is 0 Å². The Kier molecular flexibility index (Phi) is 3.11. The van der Waals surface area contributed by atoms with Crippen LogP contribution in [-0.2, 0) is 10.0 Å². The summed E-state index contributed by atoms with van der Waals surface area (Å²) in [5, 5.41) is 1.92. The maximum absolute atomic E-state index is 11.3. The minimum atomic E-state index is -3.36. The molecule has 1 heterocycles. The third-order valence-corrected chi connectivity index (χ3v) is 4.73. The van der Waals surface area contributed by atoms with Crippen LogP contribution in [0, 0.1) is 0 Å². The van der Waals surface area contributed by atoms with E-state index in [2.05, 4.69) is 4.72 Å². The number of thiophene rings is 1. The van der Waals surface area contributed by atoms with E-state index in [4.69, 9.17) is 11.6 Å². The summed E-state index contributed by atoms with van der Waals surface area (Å²) in [4.78, 5) is 0. The van der Waals surface area contributed by atoms with Gasteiger partial charge in [0.25, 0.3) is 10.0 Å². The van der Waals surface area contributed by atoms with Gasteiger partial charge in [0.1, 0.15) is 0 Å². The van der Waals surface area contributed by atoms with Gasteiger partial charge in [-0.05, 0) is 11.4 Å². The third-order valence-electron chi connectivity index (χ3n) is 1.16. The molecule has 0 bridgehead atoms. The van der Waals surface area contributed by atoms with Crippen molar-refractivity contribution in [3.8, 4) is 0 Å². The smallest absolute Gasteiger partial charge is 0.211 e. The molecule has 0 aliphatic heterocycles.